The van der Waals surface area contributed by atoms with Gasteiger partial charge in [0.25, 0.3) is 5.91 Å². The van der Waals surface area contributed by atoms with Crippen molar-refractivity contribution in [3.63, 3.8) is 0 Å². The summed E-state index contributed by atoms with van der Waals surface area (Å²) in [7, 11) is 0. The second kappa shape index (κ2) is 11.0. The molecule has 8 heteroatoms. The van der Waals surface area contributed by atoms with Crippen LogP contribution in [0.25, 0.3) is 5.57 Å². The maximum absolute atomic E-state index is 13.6. The van der Waals surface area contributed by atoms with E-state index in [1.807, 2.05) is 24.3 Å². The van der Waals surface area contributed by atoms with Crippen molar-refractivity contribution in [1.82, 2.24) is 15.3 Å². The molecule has 0 radical (unpaired) electrons. The molecule has 3 aromatic rings. The van der Waals surface area contributed by atoms with Gasteiger partial charge in [-0.2, -0.15) is 0 Å². The molecule has 0 atom stereocenters. The Morgan fingerprint density at radius 3 is 2.69 bits per heavy atom. The molecule has 1 fully saturated rings. The topological polar surface area (TPSA) is 85.4 Å². The molecule has 0 unspecified atom stereocenters. The largest absolute Gasteiger partial charge is 0.369 e. The van der Waals surface area contributed by atoms with E-state index >= 15 is 0 Å². The Morgan fingerprint density at radius 1 is 1.08 bits per heavy atom. The van der Waals surface area contributed by atoms with Gasteiger partial charge >= 0.3 is 0 Å². The fraction of sp³-hybridized carbons (Fsp3) is 0.321. The molecule has 36 heavy (non-hydrogen) atoms. The van der Waals surface area contributed by atoms with Crippen LogP contribution < -0.4 is 10.6 Å². The first-order valence-corrected chi connectivity index (χ1v) is 12.2. The predicted molar refractivity (Wildman–Crippen MR) is 135 cm³/mol. The predicted octanol–water partition coefficient (Wildman–Crippen LogP) is 4.51. The van der Waals surface area contributed by atoms with Crippen LogP contribution in [0.3, 0.4) is 0 Å². The van der Waals surface area contributed by atoms with Crippen LogP contribution in [0.5, 0.6) is 0 Å². The van der Waals surface area contributed by atoms with Crippen LogP contribution in [0.15, 0.2) is 67.0 Å². The van der Waals surface area contributed by atoms with Crippen molar-refractivity contribution < 1.29 is 18.7 Å². The average Bonchev–Trinajstić information content (AvgIpc) is 3.36. The highest BCUT2D eigenvalue weighted by atomic mass is 19.1. The van der Waals surface area contributed by atoms with Crippen molar-refractivity contribution in [3.8, 4) is 0 Å². The van der Waals surface area contributed by atoms with Gasteiger partial charge in [0.05, 0.1) is 24.5 Å². The number of allylic oxidation sites excluding steroid dienone is 1. The number of hydrogen-bond donors (Lipinski definition) is 2. The third kappa shape index (κ3) is 5.78. The maximum atomic E-state index is 13.6. The number of benzene rings is 1. The number of rotatable bonds is 8. The lowest BCUT2D eigenvalue weighted by Gasteiger charge is -2.30. The molecular formula is C28H29FN4O3. The number of ether oxygens (including phenoxy) is 2. The molecule has 2 aliphatic rings. The maximum Gasteiger partial charge on any atom is 0.255 e. The van der Waals surface area contributed by atoms with Gasteiger partial charge in [0, 0.05) is 38.3 Å². The van der Waals surface area contributed by atoms with Gasteiger partial charge in [0.15, 0.2) is 5.79 Å². The molecule has 2 aromatic heterocycles. The molecular weight excluding hydrogens is 459 g/mol. The van der Waals surface area contributed by atoms with Gasteiger partial charge in [-0.25, -0.2) is 9.37 Å². The molecule has 1 aliphatic carbocycles. The van der Waals surface area contributed by atoms with Crippen molar-refractivity contribution in [2.24, 2.45) is 0 Å². The van der Waals surface area contributed by atoms with Crippen molar-refractivity contribution in [2.45, 2.75) is 38.0 Å². The molecule has 0 bridgehead atoms. The first-order chi connectivity index (χ1) is 17.6. The van der Waals surface area contributed by atoms with Gasteiger partial charge in [0.1, 0.15) is 11.6 Å². The van der Waals surface area contributed by atoms with E-state index in [9.17, 15) is 9.18 Å². The van der Waals surface area contributed by atoms with Crippen LogP contribution in [0.4, 0.5) is 10.2 Å². The van der Waals surface area contributed by atoms with Crippen molar-refractivity contribution >= 4 is 17.3 Å². The van der Waals surface area contributed by atoms with E-state index in [0.29, 0.717) is 50.5 Å². The molecule has 1 saturated heterocycles. The number of carbonyl (C=O) groups excluding carboxylic acids is 1. The molecule has 1 spiro atoms. The van der Waals surface area contributed by atoms with E-state index in [1.165, 1.54) is 12.1 Å². The number of nitrogens with zero attached hydrogens (tertiary/aromatic N) is 2. The van der Waals surface area contributed by atoms with Crippen LogP contribution in [0.2, 0.25) is 0 Å². The number of halogens is 1. The minimum atomic E-state index is -0.498. The smallest absolute Gasteiger partial charge is 0.255 e. The van der Waals surface area contributed by atoms with Crippen LogP contribution in [-0.4, -0.2) is 41.4 Å². The average molecular weight is 489 g/mol. The highest BCUT2D eigenvalue weighted by Gasteiger charge is 2.38. The normalized spacial score (nSPS) is 16.5. The minimum absolute atomic E-state index is 0.226. The van der Waals surface area contributed by atoms with Crippen LogP contribution in [0.1, 0.15) is 46.4 Å². The number of aromatic nitrogens is 2. The second-order valence-corrected chi connectivity index (χ2v) is 8.98. The van der Waals surface area contributed by atoms with E-state index in [4.69, 9.17) is 14.5 Å². The highest BCUT2D eigenvalue weighted by molar-refractivity contribution is 5.99. The van der Waals surface area contributed by atoms with Gasteiger partial charge in [-0.3, -0.25) is 9.78 Å². The summed E-state index contributed by atoms with van der Waals surface area (Å²) in [5.41, 5.74) is 4.17. The summed E-state index contributed by atoms with van der Waals surface area (Å²) in [5, 5.41) is 6.25. The number of nitrogens with one attached hydrogen (secondary N) is 2. The zero-order chi connectivity index (χ0) is 24.8. The zero-order valence-corrected chi connectivity index (χ0v) is 20.0. The summed E-state index contributed by atoms with van der Waals surface area (Å²) >= 11 is 0. The van der Waals surface area contributed by atoms with Crippen LogP contribution >= 0.6 is 0 Å². The molecule has 2 N–H and O–H groups in total. The van der Waals surface area contributed by atoms with E-state index in [1.54, 1.807) is 24.5 Å². The molecule has 1 aromatic carbocycles. The molecule has 3 heterocycles. The number of pyridine rings is 2. The number of hydrogen-bond acceptors (Lipinski definition) is 6. The Morgan fingerprint density at radius 2 is 1.94 bits per heavy atom. The molecule has 186 valence electrons. The molecule has 0 saturated carbocycles. The van der Waals surface area contributed by atoms with Crippen molar-refractivity contribution in [1.29, 1.82) is 0 Å². The highest BCUT2D eigenvalue weighted by Crippen LogP contribution is 2.38. The van der Waals surface area contributed by atoms with Crippen molar-refractivity contribution in [3.05, 3.63) is 95.2 Å². The number of anilines is 1. The standard InChI is InChI=1S/C28H29FN4O3/c29-23-5-1-3-20(17-23)10-14-31-26-24(27(34)32-19-21-4-2-13-30-18-21)6-7-25(33-26)22-8-11-28(12-9-22)35-15-16-36-28/h1-8,13,17-18H,9-12,14-16,19H2,(H,31,33)(H,32,34). The zero-order valence-electron chi connectivity index (χ0n) is 20.0. The lowest BCUT2D eigenvalue weighted by Crippen LogP contribution is -2.31. The fourth-order valence-corrected chi connectivity index (χ4v) is 4.55. The van der Waals surface area contributed by atoms with Gasteiger partial charge in [-0.05, 0) is 59.9 Å². The quantitative estimate of drug-likeness (QED) is 0.485. The van der Waals surface area contributed by atoms with Crippen LogP contribution in [0, 0.1) is 5.82 Å². The third-order valence-corrected chi connectivity index (χ3v) is 6.49. The lowest BCUT2D eigenvalue weighted by atomic mass is 9.92. The molecule has 7 nitrogen and oxygen atoms in total. The summed E-state index contributed by atoms with van der Waals surface area (Å²) < 4.78 is 25.2. The Hall–Kier alpha value is -3.62. The summed E-state index contributed by atoms with van der Waals surface area (Å²) in [6.45, 7) is 2.13. The first kappa shape index (κ1) is 24.1. The summed E-state index contributed by atoms with van der Waals surface area (Å²) in [6.07, 6.45) is 8.37. The third-order valence-electron chi connectivity index (χ3n) is 6.49. The SMILES string of the molecule is O=C(NCc1cccnc1)c1ccc(C2=CCC3(CC2)OCCO3)nc1NCCc1cccc(F)c1. The summed E-state index contributed by atoms with van der Waals surface area (Å²) in [5.74, 6) is -0.486. The van der Waals surface area contributed by atoms with Crippen molar-refractivity contribution in [2.75, 3.05) is 25.1 Å². The fourth-order valence-electron chi connectivity index (χ4n) is 4.55. The minimum Gasteiger partial charge on any atom is -0.369 e. The Labute approximate surface area is 209 Å². The molecule has 5 rings (SSSR count). The molecule has 1 aliphatic heterocycles. The molecule has 1 amide bonds. The Bertz CT molecular complexity index is 1240. The monoisotopic (exact) mass is 488 g/mol. The van der Waals surface area contributed by atoms with E-state index in [-0.39, 0.29) is 11.7 Å². The lowest BCUT2D eigenvalue weighted by molar-refractivity contribution is -0.159. The number of amides is 1. The summed E-state index contributed by atoms with van der Waals surface area (Å²) in [4.78, 5) is 22.0. The first-order valence-electron chi connectivity index (χ1n) is 12.2. The van der Waals surface area contributed by atoms with E-state index < -0.39 is 5.79 Å². The van der Waals surface area contributed by atoms with Gasteiger partial charge in [-0.1, -0.05) is 24.3 Å². The van der Waals surface area contributed by atoms with E-state index in [0.717, 1.165) is 35.2 Å². The van der Waals surface area contributed by atoms with Gasteiger partial charge in [-0.15, -0.1) is 0 Å². The second-order valence-electron chi connectivity index (χ2n) is 8.98. The van der Waals surface area contributed by atoms with E-state index in [2.05, 4.69) is 21.7 Å². The summed E-state index contributed by atoms with van der Waals surface area (Å²) in [6, 6.07) is 14.0. The van der Waals surface area contributed by atoms with Gasteiger partial charge in [0.2, 0.25) is 0 Å². The van der Waals surface area contributed by atoms with Gasteiger partial charge < -0.3 is 20.1 Å². The van der Waals surface area contributed by atoms with Crippen LogP contribution in [-0.2, 0) is 22.4 Å². The Balaban J connectivity index is 1.33. The number of carbonyl (C=O) groups is 1. The Kier molecular flexibility index (Phi) is 7.34.